The Morgan fingerprint density at radius 1 is 0.517 bits per heavy atom. The number of benzene rings is 6. The number of nitrogens with zero attached hydrogens (tertiary/aromatic N) is 2. The summed E-state index contributed by atoms with van der Waals surface area (Å²) in [6, 6.07) is 52.5. The molecule has 0 radical (unpaired) electrons. The Balaban J connectivity index is 0.00000469. The standard InChI is InChI=1S/C54H51N2P.Ru/c1-37-32-39(3)52(40(4)33-37)55-30-31-56(53-41(5)34-38(2)35-42(53)6)54(55)48-28-18-19-29-50(48)57(44-22-12-8-13-23-44,45-24-14-9-15-25-45)51-36-49(43-20-10-7-11-21-43)46-26-16-17-27-47(46)51;/h7-29,32-36,50H,30-31H2,1-6H3;. The zero-order valence-electron chi connectivity index (χ0n) is 34.4. The van der Waals surface area contributed by atoms with E-state index in [1.54, 1.807) is 0 Å². The van der Waals surface area contributed by atoms with E-state index in [1.807, 2.05) is 0 Å². The maximum Gasteiger partial charge on any atom is 0.117 e. The third kappa shape index (κ3) is 6.64. The first kappa shape index (κ1) is 39.6. The van der Waals surface area contributed by atoms with Gasteiger partial charge in [0.25, 0.3) is 0 Å². The van der Waals surface area contributed by atoms with E-state index in [9.17, 15) is 0 Å². The summed E-state index contributed by atoms with van der Waals surface area (Å²) < 4.78 is 0. The van der Waals surface area contributed by atoms with Crippen LogP contribution in [0.4, 0.5) is 11.4 Å². The minimum Gasteiger partial charge on any atom is -0.325 e. The van der Waals surface area contributed by atoms with E-state index in [0.29, 0.717) is 0 Å². The van der Waals surface area contributed by atoms with E-state index in [0.717, 1.165) is 13.1 Å². The van der Waals surface area contributed by atoms with Crippen molar-refractivity contribution in [2.45, 2.75) is 47.2 Å². The molecule has 2 nitrogen and oxygen atoms in total. The maximum absolute atomic E-state index is 2.66. The Bertz CT molecular complexity index is 2550. The van der Waals surface area contributed by atoms with Gasteiger partial charge in [-0.3, -0.25) is 0 Å². The molecule has 3 aliphatic rings. The molecule has 6 aromatic carbocycles. The van der Waals surface area contributed by atoms with Gasteiger partial charge in [-0.2, -0.15) is 0 Å². The predicted molar refractivity (Wildman–Crippen MR) is 248 cm³/mol. The smallest absolute Gasteiger partial charge is 0.117 e. The molecule has 0 saturated carbocycles. The molecule has 9 rings (SSSR count). The van der Waals surface area contributed by atoms with Gasteiger partial charge in [-0.15, -0.1) is 0 Å². The molecule has 1 heterocycles. The van der Waals surface area contributed by atoms with E-state index in [4.69, 9.17) is 0 Å². The van der Waals surface area contributed by atoms with Gasteiger partial charge in [-0.1, -0.05) is 175 Å². The number of hydrogen-bond donors (Lipinski definition) is 0. The molecule has 0 spiro atoms. The fourth-order valence-corrected chi connectivity index (χ4v) is 15.1. The number of hydrogen-bond acceptors (Lipinski definition) is 2. The summed E-state index contributed by atoms with van der Waals surface area (Å²) in [5.74, 6) is 1.29. The summed E-state index contributed by atoms with van der Waals surface area (Å²) >= 11 is 0. The minimum atomic E-state index is -2.53. The van der Waals surface area contributed by atoms with Crippen LogP contribution in [0.2, 0.25) is 0 Å². The molecule has 1 unspecified atom stereocenters. The summed E-state index contributed by atoms with van der Waals surface area (Å²) in [7, 11) is 0. The van der Waals surface area contributed by atoms with Gasteiger partial charge in [0.2, 0.25) is 0 Å². The van der Waals surface area contributed by atoms with Crippen LogP contribution in [-0.4, -0.2) is 24.0 Å². The molecule has 0 amide bonds. The summed E-state index contributed by atoms with van der Waals surface area (Å²) in [5.41, 5.74) is 17.1. The average Bonchev–Trinajstić information content (AvgIpc) is 3.81. The van der Waals surface area contributed by atoms with E-state index in [1.165, 1.54) is 94.3 Å². The van der Waals surface area contributed by atoms with Crippen molar-refractivity contribution in [3.63, 3.8) is 0 Å². The molecule has 1 saturated heterocycles. The quantitative estimate of drug-likeness (QED) is 0.122. The fraction of sp³-hybridized carbons (Fsp3) is 0.167. The monoisotopic (exact) mass is 860 g/mol. The van der Waals surface area contributed by atoms with Gasteiger partial charge in [-0.05, 0) is 115 Å². The minimum absolute atomic E-state index is 0. The molecule has 6 aromatic rings. The van der Waals surface area contributed by atoms with Crippen LogP contribution in [0, 0.1) is 41.5 Å². The Morgan fingerprint density at radius 2 is 0.966 bits per heavy atom. The van der Waals surface area contributed by atoms with Gasteiger partial charge in [0.05, 0.1) is 0 Å². The summed E-state index contributed by atoms with van der Waals surface area (Å²) in [5, 5.41) is 4.20. The van der Waals surface area contributed by atoms with Gasteiger partial charge in [0.15, 0.2) is 0 Å². The molecule has 4 heteroatoms. The van der Waals surface area contributed by atoms with Crippen LogP contribution in [-0.2, 0) is 19.5 Å². The molecule has 0 aromatic heterocycles. The number of rotatable bonds is 6. The molecule has 0 bridgehead atoms. The maximum atomic E-state index is 2.66. The van der Waals surface area contributed by atoms with E-state index in [2.05, 4.69) is 221 Å². The molecule has 1 aliphatic heterocycles. The second-order valence-electron chi connectivity index (χ2n) is 16.0. The van der Waals surface area contributed by atoms with Crippen LogP contribution < -0.4 is 20.4 Å². The second-order valence-corrected chi connectivity index (χ2v) is 19.5. The van der Waals surface area contributed by atoms with Crippen molar-refractivity contribution < 1.29 is 19.5 Å². The number of anilines is 2. The van der Waals surface area contributed by atoms with Crippen molar-refractivity contribution in [1.82, 2.24) is 0 Å². The number of allylic oxidation sites excluding steroid dienone is 6. The zero-order chi connectivity index (χ0) is 39.3. The molecule has 1 atom stereocenters. The third-order valence-corrected chi connectivity index (χ3v) is 16.7. The number of fused-ring (bicyclic) bond motifs is 1. The van der Waals surface area contributed by atoms with Crippen LogP contribution in [0.15, 0.2) is 181 Å². The van der Waals surface area contributed by atoms with Crippen molar-refractivity contribution in [1.29, 1.82) is 0 Å². The Kier molecular flexibility index (Phi) is 11.1. The van der Waals surface area contributed by atoms with Crippen LogP contribution in [0.3, 0.4) is 0 Å². The number of aryl methyl sites for hydroxylation is 6. The first-order valence-electron chi connectivity index (χ1n) is 20.3. The molecule has 58 heavy (non-hydrogen) atoms. The molecule has 0 N–H and O–H groups in total. The normalized spacial score (nSPS) is 16.1. The van der Waals surface area contributed by atoms with Crippen molar-refractivity contribution in [2.24, 2.45) is 0 Å². The second kappa shape index (κ2) is 16.2. The first-order valence-corrected chi connectivity index (χ1v) is 22.2. The molecule has 2 aliphatic carbocycles. The van der Waals surface area contributed by atoms with E-state index < -0.39 is 6.89 Å². The summed E-state index contributed by atoms with van der Waals surface area (Å²) in [6.07, 6.45) is 12.1. The predicted octanol–water partition coefficient (Wildman–Crippen LogP) is 11.9. The van der Waals surface area contributed by atoms with Gasteiger partial charge in [0.1, 0.15) is 5.82 Å². The third-order valence-electron chi connectivity index (χ3n) is 12.1. The van der Waals surface area contributed by atoms with Crippen LogP contribution in [0.1, 0.15) is 50.1 Å². The fourth-order valence-electron chi connectivity index (χ4n) is 10.2. The molecular formula is C54H51N2PRu. The van der Waals surface area contributed by atoms with Crippen LogP contribution >= 0.6 is 6.89 Å². The van der Waals surface area contributed by atoms with E-state index >= 15 is 0 Å². The Hall–Kier alpha value is -5.20. The molecule has 1 fully saturated rings. The molecular weight excluding hydrogens is 809 g/mol. The SMILES string of the molecule is Cc1cc(C)c(N2CCN(c3c(C)cc(C)cc3C)C2=C2C=CC=CC2P(=C2C=C(c3ccccc3)c3ccccc32)(c2ccccc2)c2ccccc2)c(C)c1.[Ru]. The van der Waals surface area contributed by atoms with Crippen LogP contribution in [0.5, 0.6) is 0 Å². The van der Waals surface area contributed by atoms with Crippen molar-refractivity contribution >= 4 is 39.7 Å². The van der Waals surface area contributed by atoms with Gasteiger partial charge in [0, 0.05) is 55.2 Å². The largest absolute Gasteiger partial charge is 0.325 e. The van der Waals surface area contributed by atoms with Crippen molar-refractivity contribution in [3.05, 3.63) is 231 Å². The van der Waals surface area contributed by atoms with Crippen molar-refractivity contribution in [3.8, 4) is 0 Å². The first-order chi connectivity index (χ1) is 27.8. The van der Waals surface area contributed by atoms with E-state index in [-0.39, 0.29) is 25.1 Å². The zero-order valence-corrected chi connectivity index (χ0v) is 37.0. The summed E-state index contributed by atoms with van der Waals surface area (Å²) in [4.78, 5) is 5.33. The Labute approximate surface area is 358 Å². The average molecular weight is 860 g/mol. The van der Waals surface area contributed by atoms with Gasteiger partial charge < -0.3 is 9.80 Å². The van der Waals surface area contributed by atoms with Gasteiger partial charge in [-0.25, -0.2) is 0 Å². The van der Waals surface area contributed by atoms with Gasteiger partial charge >= 0.3 is 0 Å². The topological polar surface area (TPSA) is 6.48 Å². The summed E-state index contributed by atoms with van der Waals surface area (Å²) in [6.45, 7) is 12.9. The Morgan fingerprint density at radius 3 is 1.47 bits per heavy atom. The van der Waals surface area contributed by atoms with Crippen LogP contribution in [0.25, 0.3) is 5.57 Å². The molecule has 290 valence electrons. The van der Waals surface area contributed by atoms with Crippen molar-refractivity contribution in [2.75, 3.05) is 22.9 Å².